The second kappa shape index (κ2) is 10.3. The van der Waals surface area contributed by atoms with E-state index >= 15 is 0 Å². The first-order valence-electron chi connectivity index (χ1n) is 7.71. The molecule has 0 fully saturated rings. The van der Waals surface area contributed by atoms with Crippen molar-refractivity contribution in [3.05, 3.63) is 60.7 Å². The fourth-order valence-electron chi connectivity index (χ4n) is 2.29. The SMILES string of the molecule is Nc1nc(N)[n+](-c2ccccc2)[nH]1.Nc1nc(N)[n+](-c2ccccc2)[nH]1.[Br-].[Br-]. The number of nitrogens with zero attached hydrogens (tertiary/aromatic N) is 4. The number of aromatic amines is 2. The standard InChI is InChI=1S/2C8H9N5.2BrH/c2*9-7-11-8(10)13(12-7)6-4-2-1-3-5-6;;/h2*1-5H,(H4,9,10,11,12);2*1H. The molecular weight excluding hydrogens is 492 g/mol. The van der Waals surface area contributed by atoms with E-state index in [0.717, 1.165) is 11.4 Å². The summed E-state index contributed by atoms with van der Waals surface area (Å²) in [7, 11) is 0. The maximum absolute atomic E-state index is 5.61. The molecule has 0 saturated heterocycles. The van der Waals surface area contributed by atoms with E-state index in [1.165, 1.54) is 0 Å². The molecule has 0 aliphatic rings. The summed E-state index contributed by atoms with van der Waals surface area (Å²) in [6.45, 7) is 0. The number of nitrogen functional groups attached to an aromatic ring is 4. The highest BCUT2D eigenvalue weighted by atomic mass is 79.9. The number of anilines is 4. The Balaban J connectivity index is 0.000000261. The molecule has 0 bridgehead atoms. The quantitative estimate of drug-likeness (QED) is 0.146. The predicted molar refractivity (Wildman–Crippen MR) is 97.9 cm³/mol. The highest BCUT2D eigenvalue weighted by molar-refractivity contribution is 5.28. The van der Waals surface area contributed by atoms with E-state index in [1.54, 1.807) is 9.36 Å². The number of nitrogens with two attached hydrogens (primary N) is 4. The average Bonchev–Trinajstić information content (AvgIpc) is 3.17. The molecule has 10 nitrogen and oxygen atoms in total. The van der Waals surface area contributed by atoms with Crippen LogP contribution in [-0.4, -0.2) is 20.2 Å². The van der Waals surface area contributed by atoms with E-state index in [-0.39, 0.29) is 34.0 Å². The van der Waals surface area contributed by atoms with E-state index in [1.807, 2.05) is 60.7 Å². The van der Waals surface area contributed by atoms with Crippen LogP contribution in [0.3, 0.4) is 0 Å². The molecule has 0 amide bonds. The lowest BCUT2D eigenvalue weighted by Gasteiger charge is -1.94. The molecule has 0 radical (unpaired) electrons. The fourth-order valence-corrected chi connectivity index (χ4v) is 2.29. The van der Waals surface area contributed by atoms with Gasteiger partial charge in [-0.05, 0) is 34.2 Å². The third-order valence-corrected chi connectivity index (χ3v) is 3.41. The van der Waals surface area contributed by atoms with Crippen LogP contribution in [0.5, 0.6) is 0 Å². The minimum atomic E-state index is 0. The molecule has 2 heterocycles. The van der Waals surface area contributed by atoms with Gasteiger partial charge in [-0.25, -0.2) is 0 Å². The predicted octanol–water partition coefficient (Wildman–Crippen LogP) is -6.29. The summed E-state index contributed by atoms with van der Waals surface area (Å²) < 4.78 is 3.24. The van der Waals surface area contributed by atoms with Crippen LogP contribution in [0, 0.1) is 0 Å². The van der Waals surface area contributed by atoms with Gasteiger partial charge < -0.3 is 45.4 Å². The van der Waals surface area contributed by atoms with Gasteiger partial charge in [-0.15, -0.1) is 9.36 Å². The van der Waals surface area contributed by atoms with Crippen LogP contribution in [0.25, 0.3) is 11.4 Å². The number of aromatic nitrogens is 6. The number of para-hydroxylation sites is 2. The van der Waals surface area contributed by atoms with Crippen molar-refractivity contribution < 1.29 is 43.3 Å². The first kappa shape index (κ1) is 22.9. The Bertz CT molecular complexity index is 904. The summed E-state index contributed by atoms with van der Waals surface area (Å²) in [5, 5.41) is 5.64. The van der Waals surface area contributed by atoms with Crippen molar-refractivity contribution in [2.24, 2.45) is 0 Å². The summed E-state index contributed by atoms with van der Waals surface area (Å²) in [6.07, 6.45) is 0. The van der Waals surface area contributed by atoms with Gasteiger partial charge in [0.1, 0.15) is 11.4 Å². The molecule has 4 rings (SSSR count). The third-order valence-electron chi connectivity index (χ3n) is 3.41. The van der Waals surface area contributed by atoms with Gasteiger partial charge in [-0.2, -0.15) is 10.2 Å². The molecule has 12 heteroatoms. The Kier molecular flexibility index (Phi) is 8.41. The smallest absolute Gasteiger partial charge is 0.415 e. The summed E-state index contributed by atoms with van der Waals surface area (Å²) in [4.78, 5) is 7.70. The van der Waals surface area contributed by atoms with Gasteiger partial charge in [0.05, 0.1) is 0 Å². The minimum absolute atomic E-state index is 0. The van der Waals surface area contributed by atoms with Crippen LogP contribution in [0.15, 0.2) is 60.7 Å². The van der Waals surface area contributed by atoms with Crippen LogP contribution in [0.2, 0.25) is 0 Å². The maximum Gasteiger partial charge on any atom is 0.415 e. The molecular formula is C16H20Br2N10. The van der Waals surface area contributed by atoms with Crippen molar-refractivity contribution in [2.75, 3.05) is 22.9 Å². The first-order valence-corrected chi connectivity index (χ1v) is 7.71. The highest BCUT2D eigenvalue weighted by Crippen LogP contribution is 2.01. The molecule has 10 N–H and O–H groups in total. The average molecular weight is 512 g/mol. The molecule has 148 valence electrons. The fraction of sp³-hybridized carbons (Fsp3) is 0. The summed E-state index contributed by atoms with van der Waals surface area (Å²) >= 11 is 0. The Labute approximate surface area is 182 Å². The highest BCUT2D eigenvalue weighted by Gasteiger charge is 2.13. The van der Waals surface area contributed by atoms with Crippen molar-refractivity contribution in [3.63, 3.8) is 0 Å². The number of halogens is 2. The number of nitrogens with one attached hydrogen (secondary N) is 2. The van der Waals surface area contributed by atoms with Crippen LogP contribution < -0.4 is 66.3 Å². The van der Waals surface area contributed by atoms with Crippen molar-refractivity contribution in [3.8, 4) is 11.4 Å². The van der Waals surface area contributed by atoms with E-state index in [4.69, 9.17) is 22.9 Å². The molecule has 2 aromatic heterocycles. The molecule has 4 aromatic rings. The van der Waals surface area contributed by atoms with Crippen LogP contribution >= 0.6 is 0 Å². The van der Waals surface area contributed by atoms with E-state index in [0.29, 0.717) is 23.8 Å². The van der Waals surface area contributed by atoms with Gasteiger partial charge in [0, 0.05) is 0 Å². The third kappa shape index (κ3) is 5.44. The van der Waals surface area contributed by atoms with E-state index < -0.39 is 0 Å². The topological polar surface area (TPSA) is 169 Å². The van der Waals surface area contributed by atoms with Gasteiger partial charge >= 0.3 is 23.8 Å². The molecule has 2 aromatic carbocycles. The zero-order valence-corrected chi connectivity index (χ0v) is 17.8. The van der Waals surface area contributed by atoms with Crippen molar-refractivity contribution in [1.82, 2.24) is 20.2 Å². The van der Waals surface area contributed by atoms with E-state index in [9.17, 15) is 0 Å². The van der Waals surface area contributed by atoms with Gasteiger partial charge in [-0.3, -0.25) is 11.5 Å². The lowest BCUT2D eigenvalue weighted by molar-refractivity contribution is -0.641. The molecule has 28 heavy (non-hydrogen) atoms. The van der Waals surface area contributed by atoms with Crippen molar-refractivity contribution >= 4 is 23.8 Å². The van der Waals surface area contributed by atoms with Crippen LogP contribution in [0.4, 0.5) is 23.8 Å². The first-order chi connectivity index (χ1) is 12.5. The van der Waals surface area contributed by atoms with Crippen LogP contribution in [0.1, 0.15) is 0 Å². The number of rotatable bonds is 2. The molecule has 0 saturated carbocycles. The second-order valence-corrected chi connectivity index (χ2v) is 5.28. The lowest BCUT2D eigenvalue weighted by Crippen LogP contribution is -3.00. The maximum atomic E-state index is 5.61. The zero-order valence-electron chi connectivity index (χ0n) is 14.6. The Morgan fingerprint density at radius 1 is 0.571 bits per heavy atom. The number of hydrogen-bond donors (Lipinski definition) is 6. The van der Waals surface area contributed by atoms with E-state index in [2.05, 4.69) is 20.2 Å². The normalized spacial score (nSPS) is 9.43. The largest absolute Gasteiger partial charge is 1.00 e. The number of hydrogen-bond acceptors (Lipinski definition) is 6. The number of H-pyrrole nitrogens is 2. The summed E-state index contributed by atoms with van der Waals surface area (Å²) in [6, 6.07) is 19.2. The zero-order chi connectivity index (χ0) is 18.5. The Morgan fingerprint density at radius 2 is 0.893 bits per heavy atom. The molecule has 0 spiro atoms. The van der Waals surface area contributed by atoms with Crippen LogP contribution in [-0.2, 0) is 0 Å². The molecule has 0 atom stereocenters. The van der Waals surface area contributed by atoms with Gasteiger partial charge in [0.15, 0.2) is 0 Å². The number of benzene rings is 2. The second-order valence-electron chi connectivity index (χ2n) is 5.28. The molecule has 0 unspecified atom stereocenters. The van der Waals surface area contributed by atoms with Crippen molar-refractivity contribution in [2.45, 2.75) is 0 Å². The summed E-state index contributed by atoms with van der Waals surface area (Å²) in [5.74, 6) is 1.31. The van der Waals surface area contributed by atoms with Gasteiger partial charge in [0.25, 0.3) is 0 Å². The van der Waals surface area contributed by atoms with Gasteiger partial charge in [0.2, 0.25) is 0 Å². The summed E-state index contributed by atoms with van der Waals surface area (Å²) in [5.41, 5.74) is 23.9. The van der Waals surface area contributed by atoms with Gasteiger partial charge in [-0.1, -0.05) is 36.4 Å². The minimum Gasteiger partial charge on any atom is -1.00 e. The lowest BCUT2D eigenvalue weighted by atomic mass is 10.3. The molecule has 0 aliphatic carbocycles. The monoisotopic (exact) mass is 510 g/mol. The molecule has 0 aliphatic heterocycles. The Hall–Kier alpha value is -3.12. The Morgan fingerprint density at radius 3 is 1.14 bits per heavy atom. The van der Waals surface area contributed by atoms with Crippen molar-refractivity contribution in [1.29, 1.82) is 0 Å².